The van der Waals surface area contributed by atoms with Crippen molar-refractivity contribution < 1.29 is 19.4 Å². The molecule has 17 heavy (non-hydrogen) atoms. The third-order valence-electron chi connectivity index (χ3n) is 2.14. The number of phenols is 1. The third kappa shape index (κ3) is 1.94. The highest BCUT2D eigenvalue weighted by molar-refractivity contribution is 6.33. The van der Waals surface area contributed by atoms with Crippen LogP contribution in [0.3, 0.4) is 0 Å². The number of H-pyrrole nitrogens is 1. The van der Waals surface area contributed by atoms with Gasteiger partial charge in [0.1, 0.15) is 5.69 Å². The molecule has 2 aromatic rings. The Morgan fingerprint density at radius 2 is 2.18 bits per heavy atom. The first-order valence-corrected chi connectivity index (χ1v) is 4.84. The Labute approximate surface area is 99.5 Å². The van der Waals surface area contributed by atoms with Crippen LogP contribution in [-0.2, 0) is 0 Å². The lowest BCUT2D eigenvalue weighted by molar-refractivity contribution is 0.0690. The Kier molecular flexibility index (Phi) is 2.72. The summed E-state index contributed by atoms with van der Waals surface area (Å²) >= 11 is 5.80. The molecule has 0 aliphatic heterocycles. The Morgan fingerprint density at radius 1 is 1.47 bits per heavy atom. The minimum atomic E-state index is -1.21. The molecule has 0 bridgehead atoms. The van der Waals surface area contributed by atoms with E-state index in [2.05, 4.69) is 10.2 Å². The monoisotopic (exact) mass is 256 g/mol. The number of halogens is 2. The predicted octanol–water partition coefficient (Wildman–Crippen LogP) is 2.27. The van der Waals surface area contributed by atoms with E-state index >= 15 is 0 Å². The second kappa shape index (κ2) is 4.06. The molecular weight excluding hydrogens is 251 g/mol. The van der Waals surface area contributed by atoms with E-state index in [0.717, 1.165) is 12.1 Å². The van der Waals surface area contributed by atoms with E-state index in [1.807, 2.05) is 0 Å². The van der Waals surface area contributed by atoms with Crippen molar-refractivity contribution >= 4 is 17.6 Å². The maximum absolute atomic E-state index is 13.1. The molecule has 0 amide bonds. The van der Waals surface area contributed by atoms with Crippen LogP contribution in [0, 0.1) is 5.82 Å². The van der Waals surface area contributed by atoms with Crippen LogP contribution in [0.1, 0.15) is 10.5 Å². The minimum Gasteiger partial charge on any atom is -0.504 e. The summed E-state index contributed by atoms with van der Waals surface area (Å²) < 4.78 is 13.1. The van der Waals surface area contributed by atoms with Crippen LogP contribution in [0.5, 0.6) is 5.75 Å². The summed E-state index contributed by atoms with van der Waals surface area (Å²) in [7, 11) is 0. The van der Waals surface area contributed by atoms with Gasteiger partial charge in [-0.3, -0.25) is 5.10 Å². The number of carboxylic acids is 1. The lowest BCUT2D eigenvalue weighted by Gasteiger charge is -2.04. The van der Waals surface area contributed by atoms with E-state index in [4.69, 9.17) is 16.7 Å². The van der Waals surface area contributed by atoms with Gasteiger partial charge in [-0.25, -0.2) is 9.18 Å². The molecule has 0 saturated heterocycles. The van der Waals surface area contributed by atoms with Crippen molar-refractivity contribution in [2.45, 2.75) is 0 Å². The SMILES string of the molecule is O=C(O)c1cc(-c2c(Cl)ccc(F)c2O)n[nH]1. The molecule has 0 unspecified atom stereocenters. The zero-order valence-corrected chi connectivity index (χ0v) is 8.99. The average molecular weight is 257 g/mol. The molecule has 0 aliphatic carbocycles. The quantitative estimate of drug-likeness (QED) is 0.769. The summed E-state index contributed by atoms with van der Waals surface area (Å²) in [6, 6.07) is 3.41. The third-order valence-corrected chi connectivity index (χ3v) is 2.46. The highest BCUT2D eigenvalue weighted by Crippen LogP contribution is 2.36. The summed E-state index contributed by atoms with van der Waals surface area (Å²) in [5.41, 5.74) is -0.167. The Bertz CT molecular complexity index is 597. The van der Waals surface area contributed by atoms with Gasteiger partial charge in [-0.2, -0.15) is 5.10 Å². The van der Waals surface area contributed by atoms with Crippen LogP contribution in [0.4, 0.5) is 4.39 Å². The molecule has 0 fully saturated rings. The first kappa shape index (κ1) is 11.4. The molecule has 0 radical (unpaired) electrons. The zero-order valence-electron chi connectivity index (χ0n) is 8.24. The normalized spacial score (nSPS) is 10.5. The maximum Gasteiger partial charge on any atom is 0.353 e. The fourth-order valence-electron chi connectivity index (χ4n) is 1.34. The molecule has 1 heterocycles. The van der Waals surface area contributed by atoms with Crippen molar-refractivity contribution in [2.24, 2.45) is 0 Å². The van der Waals surface area contributed by atoms with E-state index in [9.17, 15) is 14.3 Å². The fraction of sp³-hybridized carbons (Fsp3) is 0. The number of nitrogens with one attached hydrogen (secondary N) is 1. The van der Waals surface area contributed by atoms with Gasteiger partial charge in [0.15, 0.2) is 11.6 Å². The van der Waals surface area contributed by atoms with Crippen LogP contribution in [0.2, 0.25) is 5.02 Å². The molecule has 5 nitrogen and oxygen atoms in total. The topological polar surface area (TPSA) is 86.2 Å². The molecular formula is C10H6ClFN2O3. The molecule has 3 N–H and O–H groups in total. The average Bonchev–Trinajstić information content (AvgIpc) is 2.73. The zero-order chi connectivity index (χ0) is 12.6. The number of aromatic carboxylic acids is 1. The fourth-order valence-corrected chi connectivity index (χ4v) is 1.59. The Balaban J connectivity index is 2.60. The maximum atomic E-state index is 13.1. The van der Waals surface area contributed by atoms with Gasteiger partial charge in [-0.05, 0) is 18.2 Å². The molecule has 0 spiro atoms. The van der Waals surface area contributed by atoms with E-state index in [0.29, 0.717) is 0 Å². The highest BCUT2D eigenvalue weighted by Gasteiger charge is 2.17. The Hall–Kier alpha value is -2.08. The lowest BCUT2D eigenvalue weighted by Crippen LogP contribution is -1.95. The van der Waals surface area contributed by atoms with Gasteiger partial charge in [0.2, 0.25) is 0 Å². The molecule has 1 aromatic carbocycles. The van der Waals surface area contributed by atoms with Gasteiger partial charge < -0.3 is 10.2 Å². The number of aromatic hydroxyl groups is 1. The lowest BCUT2D eigenvalue weighted by atomic mass is 10.1. The standard InChI is InChI=1S/C10H6ClFN2O3/c11-4-1-2-5(12)9(15)8(4)6-3-7(10(16)17)14-13-6/h1-3,15H,(H,13,14)(H,16,17). The molecule has 2 rings (SSSR count). The summed E-state index contributed by atoms with van der Waals surface area (Å²) in [5.74, 6) is -2.74. The number of rotatable bonds is 2. The Morgan fingerprint density at radius 3 is 2.76 bits per heavy atom. The number of benzene rings is 1. The minimum absolute atomic E-state index is 0.0459. The molecule has 0 saturated carbocycles. The van der Waals surface area contributed by atoms with Gasteiger partial charge in [-0.1, -0.05) is 11.6 Å². The van der Waals surface area contributed by atoms with Crippen molar-refractivity contribution in [2.75, 3.05) is 0 Å². The van der Waals surface area contributed by atoms with E-state index < -0.39 is 17.5 Å². The van der Waals surface area contributed by atoms with Gasteiger partial charge in [0, 0.05) is 0 Å². The number of aromatic amines is 1. The second-order valence-electron chi connectivity index (χ2n) is 3.22. The molecule has 1 aromatic heterocycles. The van der Waals surface area contributed by atoms with Gasteiger partial charge >= 0.3 is 5.97 Å². The van der Waals surface area contributed by atoms with Crippen LogP contribution < -0.4 is 0 Å². The number of phenolic OH excluding ortho intramolecular Hbond substituents is 1. The summed E-state index contributed by atoms with van der Waals surface area (Å²) in [6.07, 6.45) is 0. The van der Waals surface area contributed by atoms with Crippen molar-refractivity contribution in [3.63, 3.8) is 0 Å². The first-order valence-electron chi connectivity index (χ1n) is 4.46. The van der Waals surface area contributed by atoms with Crippen LogP contribution in [0.25, 0.3) is 11.3 Å². The van der Waals surface area contributed by atoms with Crippen LogP contribution in [0.15, 0.2) is 18.2 Å². The van der Waals surface area contributed by atoms with E-state index in [1.54, 1.807) is 0 Å². The first-order chi connectivity index (χ1) is 8.00. The number of aromatic nitrogens is 2. The summed E-state index contributed by atoms with van der Waals surface area (Å²) in [4.78, 5) is 10.6. The number of hydrogen-bond donors (Lipinski definition) is 3. The number of nitrogens with zero attached hydrogens (tertiary/aromatic N) is 1. The largest absolute Gasteiger partial charge is 0.504 e. The van der Waals surface area contributed by atoms with Crippen molar-refractivity contribution in [3.8, 4) is 17.0 Å². The number of carboxylic acid groups (broad SMARTS) is 1. The number of carbonyl (C=O) groups is 1. The summed E-state index contributed by atoms with van der Waals surface area (Å²) in [5, 5.41) is 24.2. The van der Waals surface area contributed by atoms with Crippen LogP contribution in [-0.4, -0.2) is 26.4 Å². The molecule has 88 valence electrons. The van der Waals surface area contributed by atoms with E-state index in [1.165, 1.54) is 6.07 Å². The molecule has 0 atom stereocenters. The molecule has 0 aliphatic rings. The van der Waals surface area contributed by atoms with E-state index in [-0.39, 0.29) is 22.0 Å². The van der Waals surface area contributed by atoms with Crippen LogP contribution >= 0.6 is 11.6 Å². The van der Waals surface area contributed by atoms with Gasteiger partial charge in [-0.15, -0.1) is 0 Å². The number of hydrogen-bond acceptors (Lipinski definition) is 3. The van der Waals surface area contributed by atoms with Crippen molar-refractivity contribution in [3.05, 3.63) is 34.7 Å². The molecule has 7 heteroatoms. The van der Waals surface area contributed by atoms with Crippen molar-refractivity contribution in [1.29, 1.82) is 0 Å². The van der Waals surface area contributed by atoms with Gasteiger partial charge in [0.05, 0.1) is 16.3 Å². The highest BCUT2D eigenvalue weighted by atomic mass is 35.5. The second-order valence-corrected chi connectivity index (χ2v) is 3.63. The van der Waals surface area contributed by atoms with Gasteiger partial charge in [0.25, 0.3) is 0 Å². The van der Waals surface area contributed by atoms with Crippen molar-refractivity contribution in [1.82, 2.24) is 10.2 Å². The predicted molar refractivity (Wildman–Crippen MR) is 57.6 cm³/mol. The smallest absolute Gasteiger partial charge is 0.353 e. The summed E-state index contributed by atoms with van der Waals surface area (Å²) in [6.45, 7) is 0.